The van der Waals surface area contributed by atoms with Gasteiger partial charge in [-0.1, -0.05) is 6.92 Å². The molecule has 0 radical (unpaired) electrons. The van der Waals surface area contributed by atoms with Gasteiger partial charge in [-0.15, -0.1) is 10.2 Å². The van der Waals surface area contributed by atoms with Gasteiger partial charge in [0.15, 0.2) is 5.82 Å². The SMILES string of the molecule is CCC(C)N(CC(=O)N1CCN(c2ccc(-c3ccc(OC)cc3OC)nn2)CC1)C(=O)c1ccc(F)cc1. The molecule has 206 valence electrons. The third-order valence-electron chi connectivity index (χ3n) is 7.07. The second kappa shape index (κ2) is 12.6. The smallest absolute Gasteiger partial charge is 0.254 e. The molecule has 2 aromatic carbocycles. The van der Waals surface area contributed by atoms with Gasteiger partial charge in [-0.2, -0.15) is 0 Å². The van der Waals surface area contributed by atoms with Gasteiger partial charge in [0.1, 0.15) is 23.9 Å². The third-order valence-corrected chi connectivity index (χ3v) is 7.07. The van der Waals surface area contributed by atoms with E-state index >= 15 is 0 Å². The zero-order valence-corrected chi connectivity index (χ0v) is 22.8. The minimum absolute atomic E-state index is 0.0244. The van der Waals surface area contributed by atoms with E-state index in [0.29, 0.717) is 55.4 Å². The molecule has 1 atom stereocenters. The maximum Gasteiger partial charge on any atom is 0.254 e. The van der Waals surface area contributed by atoms with Gasteiger partial charge in [-0.25, -0.2) is 4.39 Å². The number of aromatic nitrogens is 2. The van der Waals surface area contributed by atoms with Crippen molar-refractivity contribution in [2.75, 3.05) is 51.8 Å². The Morgan fingerprint density at radius 3 is 2.28 bits per heavy atom. The van der Waals surface area contributed by atoms with E-state index in [9.17, 15) is 14.0 Å². The topological polar surface area (TPSA) is 88.1 Å². The summed E-state index contributed by atoms with van der Waals surface area (Å²) in [6.45, 7) is 6.07. The summed E-state index contributed by atoms with van der Waals surface area (Å²) in [6, 6.07) is 14.6. The molecule has 0 saturated carbocycles. The van der Waals surface area contributed by atoms with Crippen LogP contribution in [0.3, 0.4) is 0 Å². The Labute approximate surface area is 228 Å². The molecule has 1 aliphatic rings. The Morgan fingerprint density at radius 1 is 0.974 bits per heavy atom. The van der Waals surface area contributed by atoms with E-state index in [-0.39, 0.29) is 24.4 Å². The molecule has 0 spiro atoms. The first kappa shape index (κ1) is 27.8. The molecule has 0 N–H and O–H groups in total. The quantitative estimate of drug-likeness (QED) is 0.411. The molecule has 3 aromatic rings. The number of ether oxygens (including phenoxy) is 2. The van der Waals surface area contributed by atoms with Gasteiger partial charge in [0.05, 0.1) is 19.9 Å². The molecule has 0 bridgehead atoms. The average Bonchev–Trinajstić information content (AvgIpc) is 2.99. The van der Waals surface area contributed by atoms with E-state index in [4.69, 9.17) is 9.47 Å². The molecule has 10 heteroatoms. The first-order valence-corrected chi connectivity index (χ1v) is 13.0. The van der Waals surface area contributed by atoms with Crippen molar-refractivity contribution in [1.82, 2.24) is 20.0 Å². The number of hydrogen-bond donors (Lipinski definition) is 0. The van der Waals surface area contributed by atoms with Gasteiger partial charge >= 0.3 is 0 Å². The van der Waals surface area contributed by atoms with Crippen LogP contribution < -0.4 is 14.4 Å². The molecule has 1 saturated heterocycles. The Kier molecular flexibility index (Phi) is 8.96. The summed E-state index contributed by atoms with van der Waals surface area (Å²) in [4.78, 5) is 31.7. The number of anilines is 1. The molecule has 39 heavy (non-hydrogen) atoms. The number of benzene rings is 2. The highest BCUT2D eigenvalue weighted by Crippen LogP contribution is 2.32. The van der Waals surface area contributed by atoms with Gasteiger partial charge in [-0.05, 0) is 61.9 Å². The van der Waals surface area contributed by atoms with Crippen molar-refractivity contribution in [1.29, 1.82) is 0 Å². The highest BCUT2D eigenvalue weighted by Gasteiger charge is 2.28. The number of piperazine rings is 1. The second-order valence-electron chi connectivity index (χ2n) is 9.41. The van der Waals surface area contributed by atoms with Crippen LogP contribution in [-0.4, -0.2) is 84.8 Å². The molecule has 1 fully saturated rings. The van der Waals surface area contributed by atoms with Gasteiger partial charge in [0.25, 0.3) is 5.91 Å². The average molecular weight is 536 g/mol. The zero-order chi connectivity index (χ0) is 27.9. The normalized spacial score (nSPS) is 14.1. The van der Waals surface area contributed by atoms with E-state index < -0.39 is 5.82 Å². The highest BCUT2D eigenvalue weighted by molar-refractivity contribution is 5.96. The van der Waals surface area contributed by atoms with Gasteiger partial charge in [0.2, 0.25) is 5.91 Å². The molecule has 0 aliphatic carbocycles. The fraction of sp³-hybridized carbons (Fsp3) is 0.379. The minimum Gasteiger partial charge on any atom is -0.497 e. The van der Waals surface area contributed by atoms with Crippen LogP contribution in [0.1, 0.15) is 30.6 Å². The molecular weight excluding hydrogens is 501 g/mol. The summed E-state index contributed by atoms with van der Waals surface area (Å²) in [5.74, 6) is 1.27. The summed E-state index contributed by atoms with van der Waals surface area (Å²) >= 11 is 0. The van der Waals surface area contributed by atoms with Crippen molar-refractivity contribution in [2.45, 2.75) is 26.3 Å². The van der Waals surface area contributed by atoms with E-state index in [1.165, 1.54) is 24.3 Å². The first-order valence-electron chi connectivity index (χ1n) is 13.0. The number of nitrogens with zero attached hydrogens (tertiary/aromatic N) is 5. The maximum atomic E-state index is 13.3. The summed E-state index contributed by atoms with van der Waals surface area (Å²) in [6.07, 6.45) is 0.699. The largest absolute Gasteiger partial charge is 0.497 e. The monoisotopic (exact) mass is 535 g/mol. The number of carbonyl (C=O) groups is 2. The van der Waals surface area contributed by atoms with Crippen LogP contribution in [0.4, 0.5) is 10.2 Å². The molecular formula is C29H34FN5O4. The molecule has 4 rings (SSSR count). The molecule has 1 aliphatic heterocycles. The van der Waals surface area contributed by atoms with Crippen molar-refractivity contribution >= 4 is 17.6 Å². The number of carbonyl (C=O) groups excluding carboxylic acids is 2. The summed E-state index contributed by atoms with van der Waals surface area (Å²) in [5.41, 5.74) is 1.86. The Balaban J connectivity index is 1.37. The predicted molar refractivity (Wildman–Crippen MR) is 147 cm³/mol. The lowest BCUT2D eigenvalue weighted by Crippen LogP contribution is -2.53. The number of rotatable bonds is 9. The van der Waals surface area contributed by atoms with Crippen molar-refractivity contribution < 1.29 is 23.5 Å². The third kappa shape index (κ3) is 6.45. The Morgan fingerprint density at radius 2 is 1.69 bits per heavy atom. The zero-order valence-electron chi connectivity index (χ0n) is 22.8. The number of hydrogen-bond acceptors (Lipinski definition) is 7. The first-order chi connectivity index (χ1) is 18.8. The molecule has 1 unspecified atom stereocenters. The van der Waals surface area contributed by atoms with Crippen molar-refractivity contribution in [3.63, 3.8) is 0 Å². The molecule has 2 amide bonds. The second-order valence-corrected chi connectivity index (χ2v) is 9.41. The summed E-state index contributed by atoms with van der Waals surface area (Å²) in [7, 11) is 3.20. The summed E-state index contributed by atoms with van der Waals surface area (Å²) < 4.78 is 24.1. The highest BCUT2D eigenvalue weighted by atomic mass is 19.1. The lowest BCUT2D eigenvalue weighted by molar-refractivity contribution is -0.132. The van der Waals surface area contributed by atoms with Crippen LogP contribution in [0.5, 0.6) is 11.5 Å². The van der Waals surface area contributed by atoms with Crippen LogP contribution in [0.15, 0.2) is 54.6 Å². The van der Waals surface area contributed by atoms with Gasteiger partial charge in [0, 0.05) is 49.4 Å². The van der Waals surface area contributed by atoms with Crippen LogP contribution in [0.25, 0.3) is 11.3 Å². The predicted octanol–water partition coefficient (Wildman–Crippen LogP) is 3.89. The number of halogens is 1. The van der Waals surface area contributed by atoms with Crippen molar-refractivity contribution in [2.24, 2.45) is 0 Å². The standard InChI is InChI=1S/C29H34FN5O4/c1-5-20(2)35(29(37)21-6-8-22(30)9-7-21)19-28(36)34-16-14-33(15-17-34)27-13-12-25(31-32-27)24-11-10-23(38-3)18-26(24)39-4/h6-13,18,20H,5,14-17,19H2,1-4H3. The lowest BCUT2D eigenvalue weighted by atomic mass is 10.1. The molecule has 1 aromatic heterocycles. The van der Waals surface area contributed by atoms with E-state index in [1.807, 2.05) is 38.1 Å². The van der Waals surface area contributed by atoms with Gasteiger partial charge in [-0.3, -0.25) is 9.59 Å². The minimum atomic E-state index is -0.407. The summed E-state index contributed by atoms with van der Waals surface area (Å²) in [5, 5.41) is 8.82. The number of methoxy groups -OCH3 is 2. The van der Waals surface area contributed by atoms with Gasteiger partial charge < -0.3 is 24.2 Å². The van der Waals surface area contributed by atoms with Crippen molar-refractivity contribution in [3.8, 4) is 22.8 Å². The lowest BCUT2D eigenvalue weighted by Gasteiger charge is -2.37. The van der Waals surface area contributed by atoms with Crippen LogP contribution in [0, 0.1) is 5.82 Å². The Bertz CT molecular complexity index is 1280. The van der Waals surface area contributed by atoms with Crippen molar-refractivity contribution in [3.05, 3.63) is 66.0 Å². The Hall–Kier alpha value is -4.21. The van der Waals surface area contributed by atoms with Crippen LogP contribution in [0.2, 0.25) is 0 Å². The molecule has 9 nitrogen and oxygen atoms in total. The van der Waals surface area contributed by atoms with E-state index in [0.717, 1.165) is 11.4 Å². The fourth-order valence-corrected chi connectivity index (χ4v) is 4.48. The maximum absolute atomic E-state index is 13.3. The number of amides is 2. The van der Waals surface area contributed by atoms with E-state index in [2.05, 4.69) is 15.1 Å². The van der Waals surface area contributed by atoms with Crippen LogP contribution in [-0.2, 0) is 4.79 Å². The molecule has 2 heterocycles. The van der Waals surface area contributed by atoms with E-state index in [1.54, 1.807) is 30.1 Å². The van der Waals surface area contributed by atoms with Crippen LogP contribution >= 0.6 is 0 Å². The fourth-order valence-electron chi connectivity index (χ4n) is 4.48.